The van der Waals surface area contributed by atoms with Crippen LogP contribution in [0, 0.1) is 0 Å². The Balaban J connectivity index is 2.10. The first-order valence-corrected chi connectivity index (χ1v) is 6.27. The second-order valence-corrected chi connectivity index (χ2v) is 4.97. The molecule has 3 heteroatoms. The van der Waals surface area contributed by atoms with Crippen LogP contribution in [-0.2, 0) is 10.2 Å². The van der Waals surface area contributed by atoms with Gasteiger partial charge in [0.2, 0.25) is 5.91 Å². The SMILES string of the molecule is NNC(=O)C1(c2ccc3ccccc3c2)CCC1. The molecule has 1 aliphatic carbocycles. The van der Waals surface area contributed by atoms with E-state index in [0.29, 0.717) is 0 Å². The van der Waals surface area contributed by atoms with Crippen molar-refractivity contribution in [1.29, 1.82) is 0 Å². The number of hydrazine groups is 1. The van der Waals surface area contributed by atoms with Gasteiger partial charge >= 0.3 is 0 Å². The lowest BCUT2D eigenvalue weighted by Gasteiger charge is -2.40. The molecule has 1 aliphatic rings. The molecule has 1 fully saturated rings. The highest BCUT2D eigenvalue weighted by Crippen LogP contribution is 2.44. The zero-order valence-electron chi connectivity index (χ0n) is 10.1. The van der Waals surface area contributed by atoms with Gasteiger partial charge in [-0.25, -0.2) is 5.84 Å². The molecule has 0 bridgehead atoms. The molecule has 1 amide bonds. The number of carbonyl (C=O) groups is 1. The largest absolute Gasteiger partial charge is 0.293 e. The number of fused-ring (bicyclic) bond motifs is 1. The third-order valence-electron chi connectivity index (χ3n) is 4.07. The summed E-state index contributed by atoms with van der Waals surface area (Å²) < 4.78 is 0. The number of carbonyl (C=O) groups excluding carboxylic acids is 1. The second kappa shape index (κ2) is 4.10. The predicted octanol–water partition coefficient (Wildman–Crippen LogP) is 2.25. The minimum atomic E-state index is -0.404. The molecule has 0 aromatic heterocycles. The zero-order chi connectivity index (χ0) is 12.6. The average molecular weight is 240 g/mol. The third-order valence-corrected chi connectivity index (χ3v) is 4.07. The molecule has 18 heavy (non-hydrogen) atoms. The quantitative estimate of drug-likeness (QED) is 0.480. The van der Waals surface area contributed by atoms with Crippen molar-refractivity contribution in [3.8, 4) is 0 Å². The highest BCUT2D eigenvalue weighted by atomic mass is 16.2. The molecule has 2 aromatic carbocycles. The fraction of sp³-hybridized carbons (Fsp3) is 0.267. The smallest absolute Gasteiger partial charge is 0.244 e. The minimum absolute atomic E-state index is 0.0657. The predicted molar refractivity (Wildman–Crippen MR) is 71.8 cm³/mol. The minimum Gasteiger partial charge on any atom is -0.293 e. The summed E-state index contributed by atoms with van der Waals surface area (Å²) in [6.45, 7) is 0. The van der Waals surface area contributed by atoms with Gasteiger partial charge in [0.15, 0.2) is 0 Å². The molecule has 3 rings (SSSR count). The molecule has 0 heterocycles. The Kier molecular flexibility index (Phi) is 2.56. The summed E-state index contributed by atoms with van der Waals surface area (Å²) in [5.41, 5.74) is 2.99. The van der Waals surface area contributed by atoms with Crippen molar-refractivity contribution in [1.82, 2.24) is 5.43 Å². The van der Waals surface area contributed by atoms with Gasteiger partial charge in [-0.05, 0) is 29.2 Å². The topological polar surface area (TPSA) is 55.1 Å². The Morgan fingerprint density at radius 3 is 2.44 bits per heavy atom. The van der Waals surface area contributed by atoms with Crippen molar-refractivity contribution in [2.24, 2.45) is 5.84 Å². The molecule has 92 valence electrons. The van der Waals surface area contributed by atoms with E-state index in [1.54, 1.807) is 0 Å². The van der Waals surface area contributed by atoms with Gasteiger partial charge in [0.25, 0.3) is 0 Å². The normalized spacial score (nSPS) is 17.2. The number of hydrogen-bond acceptors (Lipinski definition) is 2. The lowest BCUT2D eigenvalue weighted by atomic mass is 9.63. The van der Waals surface area contributed by atoms with Crippen molar-refractivity contribution >= 4 is 16.7 Å². The Morgan fingerprint density at radius 2 is 1.83 bits per heavy atom. The van der Waals surface area contributed by atoms with Crippen molar-refractivity contribution in [2.75, 3.05) is 0 Å². The fourth-order valence-corrected chi connectivity index (χ4v) is 2.80. The number of amides is 1. The van der Waals surface area contributed by atoms with Crippen LogP contribution < -0.4 is 11.3 Å². The number of nitrogens with two attached hydrogens (primary N) is 1. The van der Waals surface area contributed by atoms with Crippen molar-refractivity contribution in [3.05, 3.63) is 48.0 Å². The number of nitrogens with one attached hydrogen (secondary N) is 1. The Hall–Kier alpha value is -1.87. The van der Waals surface area contributed by atoms with E-state index in [0.717, 1.165) is 24.8 Å². The van der Waals surface area contributed by atoms with E-state index in [1.807, 2.05) is 12.1 Å². The van der Waals surface area contributed by atoms with Crippen molar-refractivity contribution < 1.29 is 4.79 Å². The van der Waals surface area contributed by atoms with Crippen molar-refractivity contribution in [3.63, 3.8) is 0 Å². The number of rotatable bonds is 2. The lowest BCUT2D eigenvalue weighted by molar-refractivity contribution is -0.130. The second-order valence-electron chi connectivity index (χ2n) is 4.97. The van der Waals surface area contributed by atoms with E-state index >= 15 is 0 Å². The Labute approximate surface area is 106 Å². The molecule has 0 atom stereocenters. The van der Waals surface area contributed by atoms with Crippen LogP contribution in [0.2, 0.25) is 0 Å². The van der Waals surface area contributed by atoms with Gasteiger partial charge < -0.3 is 0 Å². The molecule has 2 aromatic rings. The van der Waals surface area contributed by atoms with Crippen LogP contribution in [0.25, 0.3) is 10.8 Å². The van der Waals surface area contributed by atoms with E-state index in [9.17, 15) is 4.79 Å². The molecule has 3 nitrogen and oxygen atoms in total. The summed E-state index contributed by atoms with van der Waals surface area (Å²) in [7, 11) is 0. The third kappa shape index (κ3) is 1.51. The molecule has 0 saturated heterocycles. The number of benzene rings is 2. The van der Waals surface area contributed by atoms with E-state index in [-0.39, 0.29) is 5.91 Å². The maximum Gasteiger partial charge on any atom is 0.244 e. The molecule has 1 saturated carbocycles. The molecule has 3 N–H and O–H groups in total. The van der Waals surface area contributed by atoms with Gasteiger partial charge in [-0.2, -0.15) is 0 Å². The fourth-order valence-electron chi connectivity index (χ4n) is 2.80. The van der Waals surface area contributed by atoms with Crippen LogP contribution in [0.1, 0.15) is 24.8 Å². The van der Waals surface area contributed by atoms with Gasteiger partial charge in [0.05, 0.1) is 5.41 Å². The maximum absolute atomic E-state index is 12.0. The summed E-state index contributed by atoms with van der Waals surface area (Å²) in [6.07, 6.45) is 2.85. The van der Waals surface area contributed by atoms with E-state index in [4.69, 9.17) is 5.84 Å². The molecule has 0 spiro atoms. The van der Waals surface area contributed by atoms with E-state index in [2.05, 4.69) is 35.8 Å². The van der Waals surface area contributed by atoms with Crippen LogP contribution in [-0.4, -0.2) is 5.91 Å². The Bertz CT molecular complexity index is 602. The molecule has 0 aliphatic heterocycles. The lowest BCUT2D eigenvalue weighted by Crippen LogP contribution is -2.51. The van der Waals surface area contributed by atoms with Crippen LogP contribution in [0.5, 0.6) is 0 Å². The maximum atomic E-state index is 12.0. The van der Waals surface area contributed by atoms with Crippen molar-refractivity contribution in [2.45, 2.75) is 24.7 Å². The summed E-state index contributed by atoms with van der Waals surface area (Å²) in [4.78, 5) is 12.0. The van der Waals surface area contributed by atoms with Gasteiger partial charge in [-0.1, -0.05) is 48.9 Å². The van der Waals surface area contributed by atoms with E-state index in [1.165, 1.54) is 10.8 Å². The summed E-state index contributed by atoms with van der Waals surface area (Å²) in [5.74, 6) is 5.25. The van der Waals surface area contributed by atoms with Crippen LogP contribution >= 0.6 is 0 Å². The highest BCUT2D eigenvalue weighted by Gasteiger charge is 2.45. The van der Waals surface area contributed by atoms with E-state index < -0.39 is 5.41 Å². The highest BCUT2D eigenvalue weighted by molar-refractivity contribution is 5.91. The first-order chi connectivity index (χ1) is 8.76. The van der Waals surface area contributed by atoms with Gasteiger partial charge in [-0.3, -0.25) is 10.2 Å². The van der Waals surface area contributed by atoms with Gasteiger partial charge in [0.1, 0.15) is 0 Å². The van der Waals surface area contributed by atoms with Crippen LogP contribution in [0.4, 0.5) is 0 Å². The summed E-state index contributed by atoms with van der Waals surface area (Å²) in [5, 5.41) is 2.37. The molecule has 0 radical (unpaired) electrons. The summed E-state index contributed by atoms with van der Waals surface area (Å²) >= 11 is 0. The number of hydrogen-bond donors (Lipinski definition) is 2. The first kappa shape index (κ1) is 11.2. The van der Waals surface area contributed by atoms with Gasteiger partial charge in [0, 0.05) is 0 Å². The first-order valence-electron chi connectivity index (χ1n) is 6.27. The molecular formula is C15H16N2O. The zero-order valence-corrected chi connectivity index (χ0v) is 10.1. The summed E-state index contributed by atoms with van der Waals surface area (Å²) in [6, 6.07) is 14.4. The standard InChI is InChI=1S/C15H16N2O/c16-17-14(18)15(8-3-9-15)13-7-6-11-4-1-2-5-12(11)10-13/h1-2,4-7,10H,3,8-9,16H2,(H,17,18). The van der Waals surface area contributed by atoms with Crippen LogP contribution in [0.3, 0.4) is 0 Å². The molecular weight excluding hydrogens is 224 g/mol. The Morgan fingerprint density at radius 1 is 1.11 bits per heavy atom. The van der Waals surface area contributed by atoms with Gasteiger partial charge in [-0.15, -0.1) is 0 Å². The average Bonchev–Trinajstić information content (AvgIpc) is 2.37. The van der Waals surface area contributed by atoms with Crippen LogP contribution in [0.15, 0.2) is 42.5 Å². The monoisotopic (exact) mass is 240 g/mol. The molecule has 0 unspecified atom stereocenters.